The lowest BCUT2D eigenvalue weighted by molar-refractivity contribution is 0.0603. The van der Waals surface area contributed by atoms with Crippen LogP contribution < -0.4 is 0 Å². The zero-order valence-corrected chi connectivity index (χ0v) is 11.3. The van der Waals surface area contributed by atoms with Crippen LogP contribution in [0.5, 0.6) is 0 Å². The molecule has 100 valence electrons. The van der Waals surface area contributed by atoms with Crippen molar-refractivity contribution < 1.29 is 13.9 Å². The van der Waals surface area contributed by atoms with Crippen LogP contribution in [0.4, 0.5) is 0 Å². The number of carbonyl (C=O) groups is 1. The molecule has 20 heavy (non-hydrogen) atoms. The standard InChI is InChI=1S/C17H14O3/c1-11-8-9-14-13(10-11)15(17(18)19-2)16(20-14)12-6-4-3-5-7-12/h3-10H,1-2H3. The molecule has 0 radical (unpaired) electrons. The van der Waals surface area contributed by atoms with Gasteiger partial charge in [0.2, 0.25) is 0 Å². The molecular weight excluding hydrogens is 252 g/mol. The van der Waals surface area contributed by atoms with Gasteiger partial charge in [0, 0.05) is 10.9 Å². The number of aryl methyl sites for hydroxylation is 1. The zero-order chi connectivity index (χ0) is 14.1. The summed E-state index contributed by atoms with van der Waals surface area (Å²) in [5.74, 6) is 0.172. The number of fused-ring (bicyclic) bond motifs is 1. The van der Waals surface area contributed by atoms with Gasteiger partial charge < -0.3 is 9.15 Å². The lowest BCUT2D eigenvalue weighted by atomic mass is 10.0. The van der Waals surface area contributed by atoms with Gasteiger partial charge in [0.25, 0.3) is 0 Å². The summed E-state index contributed by atoms with van der Waals surface area (Å²) in [7, 11) is 1.38. The second-order valence-corrected chi connectivity index (χ2v) is 4.66. The summed E-state index contributed by atoms with van der Waals surface area (Å²) in [5, 5.41) is 0.788. The van der Waals surface area contributed by atoms with Crippen molar-refractivity contribution in [2.24, 2.45) is 0 Å². The molecule has 0 amide bonds. The fourth-order valence-electron chi connectivity index (χ4n) is 2.31. The van der Waals surface area contributed by atoms with E-state index in [1.165, 1.54) is 7.11 Å². The van der Waals surface area contributed by atoms with Gasteiger partial charge in [0.15, 0.2) is 0 Å². The zero-order valence-electron chi connectivity index (χ0n) is 11.3. The van der Waals surface area contributed by atoms with Crippen molar-refractivity contribution in [3.63, 3.8) is 0 Å². The summed E-state index contributed by atoms with van der Waals surface area (Å²) in [4.78, 5) is 12.1. The minimum atomic E-state index is -0.381. The van der Waals surface area contributed by atoms with Crippen molar-refractivity contribution in [3.05, 3.63) is 59.7 Å². The van der Waals surface area contributed by atoms with Gasteiger partial charge in [-0.3, -0.25) is 0 Å². The van der Waals surface area contributed by atoms with Crippen LogP contribution in [0.3, 0.4) is 0 Å². The van der Waals surface area contributed by atoms with E-state index in [9.17, 15) is 4.79 Å². The number of ether oxygens (including phenoxy) is 1. The van der Waals surface area contributed by atoms with Crippen molar-refractivity contribution in [2.75, 3.05) is 7.11 Å². The second kappa shape index (κ2) is 4.85. The normalized spacial score (nSPS) is 10.7. The van der Waals surface area contributed by atoms with Crippen molar-refractivity contribution >= 4 is 16.9 Å². The molecule has 1 heterocycles. The highest BCUT2D eigenvalue weighted by Crippen LogP contribution is 2.34. The molecule has 0 aliphatic rings. The molecule has 0 saturated heterocycles. The number of esters is 1. The van der Waals surface area contributed by atoms with E-state index >= 15 is 0 Å². The van der Waals surface area contributed by atoms with Crippen LogP contribution in [0.1, 0.15) is 15.9 Å². The van der Waals surface area contributed by atoms with E-state index in [0.717, 1.165) is 16.5 Å². The molecule has 0 saturated carbocycles. The van der Waals surface area contributed by atoms with E-state index in [2.05, 4.69) is 0 Å². The predicted octanol–water partition coefficient (Wildman–Crippen LogP) is 4.19. The van der Waals surface area contributed by atoms with E-state index in [1.807, 2.05) is 55.5 Å². The van der Waals surface area contributed by atoms with Crippen molar-refractivity contribution in [3.8, 4) is 11.3 Å². The van der Waals surface area contributed by atoms with Crippen LogP contribution in [0.25, 0.3) is 22.3 Å². The first-order chi connectivity index (χ1) is 9.70. The molecule has 0 fully saturated rings. The summed E-state index contributed by atoms with van der Waals surface area (Å²) in [6, 6.07) is 15.4. The number of hydrogen-bond acceptors (Lipinski definition) is 3. The Morgan fingerprint density at radius 2 is 1.85 bits per heavy atom. The highest BCUT2D eigenvalue weighted by molar-refractivity contribution is 6.08. The Balaban J connectivity index is 2.34. The molecule has 0 aliphatic carbocycles. The lowest BCUT2D eigenvalue weighted by Crippen LogP contribution is -2.01. The maximum atomic E-state index is 12.1. The van der Waals surface area contributed by atoms with Crippen LogP contribution in [0.2, 0.25) is 0 Å². The summed E-state index contributed by atoms with van der Waals surface area (Å²) < 4.78 is 10.8. The average molecular weight is 266 g/mol. The second-order valence-electron chi connectivity index (χ2n) is 4.66. The molecule has 3 heteroatoms. The Hall–Kier alpha value is -2.55. The molecule has 2 aromatic carbocycles. The quantitative estimate of drug-likeness (QED) is 0.653. The van der Waals surface area contributed by atoms with Gasteiger partial charge in [-0.25, -0.2) is 4.79 Å². The first-order valence-electron chi connectivity index (χ1n) is 6.37. The third-order valence-corrected chi connectivity index (χ3v) is 3.27. The third kappa shape index (κ3) is 1.97. The van der Waals surface area contributed by atoms with Crippen molar-refractivity contribution in [2.45, 2.75) is 6.92 Å². The fraction of sp³-hybridized carbons (Fsp3) is 0.118. The average Bonchev–Trinajstić information content (AvgIpc) is 2.86. The van der Waals surface area contributed by atoms with E-state index in [1.54, 1.807) is 0 Å². The van der Waals surface area contributed by atoms with E-state index < -0.39 is 0 Å². The monoisotopic (exact) mass is 266 g/mol. The van der Waals surface area contributed by atoms with Gasteiger partial charge in [-0.05, 0) is 19.1 Å². The Kier molecular flexibility index (Phi) is 3.03. The highest BCUT2D eigenvalue weighted by atomic mass is 16.5. The van der Waals surface area contributed by atoms with Crippen LogP contribution in [-0.4, -0.2) is 13.1 Å². The van der Waals surface area contributed by atoms with Crippen LogP contribution >= 0.6 is 0 Å². The molecule has 0 atom stereocenters. The molecular formula is C17H14O3. The number of furan rings is 1. The van der Waals surface area contributed by atoms with E-state index in [4.69, 9.17) is 9.15 Å². The predicted molar refractivity (Wildman–Crippen MR) is 77.7 cm³/mol. The first-order valence-corrected chi connectivity index (χ1v) is 6.37. The summed E-state index contributed by atoms with van der Waals surface area (Å²) in [6.45, 7) is 1.98. The van der Waals surface area contributed by atoms with Gasteiger partial charge in [0.1, 0.15) is 16.9 Å². The smallest absolute Gasteiger partial charge is 0.342 e. The Labute approximate surface area is 116 Å². The number of hydrogen-bond donors (Lipinski definition) is 0. The van der Waals surface area contributed by atoms with Crippen LogP contribution in [0, 0.1) is 6.92 Å². The maximum Gasteiger partial charge on any atom is 0.342 e. The molecule has 0 spiro atoms. The van der Waals surface area contributed by atoms with E-state index in [-0.39, 0.29) is 5.97 Å². The Morgan fingerprint density at radius 3 is 2.55 bits per heavy atom. The van der Waals surface area contributed by atoms with Gasteiger partial charge in [0.05, 0.1) is 7.11 Å². The maximum absolute atomic E-state index is 12.1. The summed E-state index contributed by atoms with van der Waals surface area (Å²) in [6.07, 6.45) is 0. The largest absolute Gasteiger partial charge is 0.465 e. The van der Waals surface area contributed by atoms with Gasteiger partial charge in [-0.1, -0.05) is 42.0 Å². The lowest BCUT2D eigenvalue weighted by Gasteiger charge is -2.01. The molecule has 3 nitrogen and oxygen atoms in total. The minimum absolute atomic E-state index is 0.381. The number of benzene rings is 2. The molecule has 3 aromatic rings. The molecule has 1 aromatic heterocycles. The number of methoxy groups -OCH3 is 1. The molecule has 0 bridgehead atoms. The Bertz CT molecular complexity index is 770. The highest BCUT2D eigenvalue weighted by Gasteiger charge is 2.22. The van der Waals surface area contributed by atoms with Crippen molar-refractivity contribution in [1.29, 1.82) is 0 Å². The van der Waals surface area contributed by atoms with Gasteiger partial charge in [-0.15, -0.1) is 0 Å². The molecule has 0 aliphatic heterocycles. The minimum Gasteiger partial charge on any atom is -0.465 e. The Morgan fingerprint density at radius 1 is 1.10 bits per heavy atom. The van der Waals surface area contributed by atoms with Gasteiger partial charge in [-0.2, -0.15) is 0 Å². The summed E-state index contributed by atoms with van der Waals surface area (Å²) >= 11 is 0. The summed E-state index contributed by atoms with van der Waals surface area (Å²) in [5.41, 5.74) is 3.11. The first kappa shape index (κ1) is 12.5. The molecule has 0 N–H and O–H groups in total. The van der Waals surface area contributed by atoms with Crippen LogP contribution in [-0.2, 0) is 4.74 Å². The third-order valence-electron chi connectivity index (χ3n) is 3.27. The molecule has 3 rings (SSSR count). The number of rotatable bonds is 2. The number of carbonyl (C=O) groups excluding carboxylic acids is 1. The molecule has 0 unspecified atom stereocenters. The van der Waals surface area contributed by atoms with Gasteiger partial charge >= 0.3 is 5.97 Å². The van der Waals surface area contributed by atoms with E-state index in [0.29, 0.717) is 16.9 Å². The fourth-order valence-corrected chi connectivity index (χ4v) is 2.31. The van der Waals surface area contributed by atoms with Crippen LogP contribution in [0.15, 0.2) is 52.9 Å². The van der Waals surface area contributed by atoms with Crippen molar-refractivity contribution in [1.82, 2.24) is 0 Å². The topological polar surface area (TPSA) is 39.4 Å². The SMILES string of the molecule is COC(=O)c1c(-c2ccccc2)oc2ccc(C)cc12.